The largest absolute Gasteiger partial charge is 0.296 e. The fourth-order valence-corrected chi connectivity index (χ4v) is 5.23. The van der Waals surface area contributed by atoms with Crippen LogP contribution in [-0.2, 0) is 6.42 Å². The average Bonchev–Trinajstić information content (AvgIpc) is 3.17. The summed E-state index contributed by atoms with van der Waals surface area (Å²) in [7, 11) is 0. The molecule has 1 saturated heterocycles. The number of nitrogens with two attached hydrogens (primary N) is 1. The van der Waals surface area contributed by atoms with Crippen molar-refractivity contribution in [2.75, 3.05) is 13.1 Å². The topological polar surface area (TPSA) is 41.3 Å². The van der Waals surface area contributed by atoms with E-state index in [1.165, 1.54) is 56.5 Å². The Hall–Kier alpha value is -0.130. The molecule has 0 amide bonds. The van der Waals surface area contributed by atoms with Gasteiger partial charge in [-0.05, 0) is 50.9 Å². The molecule has 112 valence electrons. The monoisotopic (exact) mass is 313 g/mol. The van der Waals surface area contributed by atoms with Crippen LogP contribution < -0.4 is 11.3 Å². The van der Waals surface area contributed by atoms with Crippen molar-refractivity contribution in [2.45, 2.75) is 56.5 Å². The summed E-state index contributed by atoms with van der Waals surface area (Å²) >= 11 is 7.75. The van der Waals surface area contributed by atoms with Crippen LogP contribution in [0.4, 0.5) is 0 Å². The Morgan fingerprint density at radius 1 is 1.25 bits per heavy atom. The fourth-order valence-electron chi connectivity index (χ4n) is 4.10. The molecule has 1 unspecified atom stereocenters. The van der Waals surface area contributed by atoms with Crippen molar-refractivity contribution in [1.29, 1.82) is 0 Å². The molecule has 1 saturated carbocycles. The number of nitrogens with zero attached hydrogens (tertiary/aromatic N) is 1. The summed E-state index contributed by atoms with van der Waals surface area (Å²) < 4.78 is 0.873. The molecule has 20 heavy (non-hydrogen) atoms. The second kappa shape index (κ2) is 6.32. The number of hydrogen-bond acceptors (Lipinski definition) is 4. The zero-order valence-corrected chi connectivity index (χ0v) is 13.5. The number of thiophene rings is 1. The zero-order valence-electron chi connectivity index (χ0n) is 11.9. The summed E-state index contributed by atoms with van der Waals surface area (Å²) in [5.41, 5.74) is 3.41. The lowest BCUT2D eigenvalue weighted by atomic mass is 9.84. The number of likely N-dealkylation sites (tertiary alicyclic amines) is 1. The predicted octanol–water partition coefficient (Wildman–Crippen LogP) is 3.18. The van der Waals surface area contributed by atoms with Gasteiger partial charge in [-0.3, -0.25) is 16.2 Å². The van der Waals surface area contributed by atoms with Gasteiger partial charge in [0.2, 0.25) is 0 Å². The summed E-state index contributed by atoms with van der Waals surface area (Å²) in [6.07, 6.45) is 8.89. The smallest absolute Gasteiger partial charge is 0.0931 e. The zero-order chi connectivity index (χ0) is 14.0. The lowest BCUT2D eigenvalue weighted by molar-refractivity contribution is 0.0769. The highest BCUT2D eigenvalue weighted by Crippen LogP contribution is 2.41. The Morgan fingerprint density at radius 3 is 2.50 bits per heavy atom. The van der Waals surface area contributed by atoms with E-state index in [0.717, 1.165) is 10.8 Å². The third kappa shape index (κ3) is 2.77. The molecule has 1 aromatic heterocycles. The van der Waals surface area contributed by atoms with Gasteiger partial charge in [0.15, 0.2) is 0 Å². The summed E-state index contributed by atoms with van der Waals surface area (Å²) in [6, 6.07) is 4.47. The lowest BCUT2D eigenvalue weighted by Crippen LogP contribution is -2.61. The van der Waals surface area contributed by atoms with Crippen LogP contribution in [0.15, 0.2) is 12.1 Å². The molecule has 5 heteroatoms. The maximum Gasteiger partial charge on any atom is 0.0931 e. The number of hydrogen-bond donors (Lipinski definition) is 2. The minimum atomic E-state index is 0.266. The molecule has 3 rings (SSSR count). The molecular weight excluding hydrogens is 290 g/mol. The molecule has 2 aliphatic rings. The van der Waals surface area contributed by atoms with Crippen molar-refractivity contribution >= 4 is 22.9 Å². The lowest BCUT2D eigenvalue weighted by Gasteiger charge is -2.44. The third-order valence-corrected chi connectivity index (χ3v) is 6.34. The fraction of sp³-hybridized carbons (Fsp3) is 0.733. The Morgan fingerprint density at radius 2 is 1.95 bits per heavy atom. The van der Waals surface area contributed by atoms with Crippen LogP contribution in [0.5, 0.6) is 0 Å². The maximum atomic E-state index is 6.06. The molecule has 1 aliphatic carbocycles. The molecule has 3 nitrogen and oxygen atoms in total. The van der Waals surface area contributed by atoms with Gasteiger partial charge in [-0.2, -0.15) is 0 Å². The first-order valence-electron chi connectivity index (χ1n) is 7.70. The van der Waals surface area contributed by atoms with Gasteiger partial charge >= 0.3 is 0 Å². The molecule has 2 fully saturated rings. The van der Waals surface area contributed by atoms with Gasteiger partial charge in [0, 0.05) is 22.9 Å². The van der Waals surface area contributed by atoms with E-state index in [1.807, 2.05) is 6.07 Å². The van der Waals surface area contributed by atoms with Gasteiger partial charge in [-0.25, -0.2) is 0 Å². The van der Waals surface area contributed by atoms with Crippen LogP contribution in [-0.4, -0.2) is 29.6 Å². The normalized spacial score (nSPS) is 24.3. The minimum absolute atomic E-state index is 0.266. The van der Waals surface area contributed by atoms with Crippen LogP contribution >= 0.6 is 22.9 Å². The van der Waals surface area contributed by atoms with E-state index >= 15 is 0 Å². The van der Waals surface area contributed by atoms with Crippen LogP contribution in [0.2, 0.25) is 4.34 Å². The number of rotatable bonds is 5. The molecule has 1 atom stereocenters. The van der Waals surface area contributed by atoms with Gasteiger partial charge in [0.05, 0.1) is 4.34 Å². The van der Waals surface area contributed by atoms with E-state index in [4.69, 9.17) is 17.4 Å². The molecular formula is C15H24ClN3S. The van der Waals surface area contributed by atoms with E-state index in [-0.39, 0.29) is 5.54 Å². The molecule has 1 aliphatic heterocycles. The first-order chi connectivity index (χ1) is 9.74. The summed E-state index contributed by atoms with van der Waals surface area (Å²) in [5.74, 6) is 5.96. The first kappa shape index (κ1) is 14.8. The van der Waals surface area contributed by atoms with Gasteiger partial charge in [-0.15, -0.1) is 11.3 Å². The first-order valence-corrected chi connectivity index (χ1v) is 8.89. The molecule has 0 spiro atoms. The van der Waals surface area contributed by atoms with Crippen LogP contribution in [0.25, 0.3) is 0 Å². The summed E-state index contributed by atoms with van der Waals surface area (Å²) in [6.45, 7) is 2.48. The summed E-state index contributed by atoms with van der Waals surface area (Å²) in [4.78, 5) is 4.04. The third-order valence-electron chi connectivity index (χ3n) is 5.09. The molecule has 1 aromatic rings. The van der Waals surface area contributed by atoms with Crippen LogP contribution in [0.3, 0.4) is 0 Å². The van der Waals surface area contributed by atoms with E-state index < -0.39 is 0 Å². The van der Waals surface area contributed by atoms with Crippen LogP contribution in [0, 0.1) is 0 Å². The number of hydrazine groups is 1. The Bertz CT molecular complexity index is 436. The van der Waals surface area contributed by atoms with Crippen molar-refractivity contribution in [2.24, 2.45) is 5.84 Å². The van der Waals surface area contributed by atoms with Gasteiger partial charge in [0.1, 0.15) is 0 Å². The van der Waals surface area contributed by atoms with Gasteiger partial charge in [0.25, 0.3) is 0 Å². The van der Waals surface area contributed by atoms with E-state index in [2.05, 4.69) is 16.4 Å². The SMILES string of the molecule is NNC(Cc1ccc(Cl)s1)C1(N2CCCC2)CCCC1. The van der Waals surface area contributed by atoms with Crippen molar-refractivity contribution in [3.05, 3.63) is 21.3 Å². The Labute approximate surface area is 130 Å². The van der Waals surface area contributed by atoms with Crippen molar-refractivity contribution < 1.29 is 0 Å². The highest BCUT2D eigenvalue weighted by molar-refractivity contribution is 7.16. The van der Waals surface area contributed by atoms with Crippen molar-refractivity contribution in [1.82, 2.24) is 10.3 Å². The highest BCUT2D eigenvalue weighted by Gasteiger charge is 2.46. The second-order valence-corrected chi connectivity index (χ2v) is 7.93. The molecule has 0 radical (unpaired) electrons. The maximum absolute atomic E-state index is 6.06. The van der Waals surface area contributed by atoms with Gasteiger partial charge < -0.3 is 0 Å². The average molecular weight is 314 g/mol. The van der Waals surface area contributed by atoms with Crippen molar-refractivity contribution in [3.63, 3.8) is 0 Å². The van der Waals surface area contributed by atoms with E-state index in [1.54, 1.807) is 11.3 Å². The quantitative estimate of drug-likeness (QED) is 0.648. The molecule has 0 aromatic carbocycles. The standard InChI is InChI=1S/C15H24ClN3S/c16-14-6-5-12(20-14)11-13(18-17)15(7-1-2-8-15)19-9-3-4-10-19/h5-6,13,18H,1-4,7-11,17H2. The van der Waals surface area contributed by atoms with Gasteiger partial charge in [-0.1, -0.05) is 24.4 Å². The highest BCUT2D eigenvalue weighted by atomic mass is 35.5. The minimum Gasteiger partial charge on any atom is -0.296 e. The molecule has 3 N–H and O–H groups in total. The van der Waals surface area contributed by atoms with E-state index in [0.29, 0.717) is 6.04 Å². The number of nitrogens with one attached hydrogen (secondary N) is 1. The van der Waals surface area contributed by atoms with Crippen molar-refractivity contribution in [3.8, 4) is 0 Å². The second-order valence-electron chi connectivity index (χ2n) is 6.13. The predicted molar refractivity (Wildman–Crippen MR) is 86.2 cm³/mol. The van der Waals surface area contributed by atoms with E-state index in [9.17, 15) is 0 Å². The van der Waals surface area contributed by atoms with Crippen LogP contribution in [0.1, 0.15) is 43.4 Å². The molecule has 2 heterocycles. The Kier molecular flexibility index (Phi) is 4.68. The number of halogens is 1. The Balaban J connectivity index is 1.80. The summed E-state index contributed by atoms with van der Waals surface area (Å²) in [5, 5.41) is 0. The molecule has 0 bridgehead atoms.